The third-order valence-electron chi connectivity index (χ3n) is 2.66. The second-order valence-corrected chi connectivity index (χ2v) is 5.41. The lowest BCUT2D eigenvalue weighted by Crippen LogP contribution is -2.21. The Balaban J connectivity index is 1.87. The number of nitrogens with zero attached hydrogens (tertiary/aromatic N) is 8. The van der Waals surface area contributed by atoms with Gasteiger partial charge in [0.1, 0.15) is 12.7 Å². The van der Waals surface area contributed by atoms with Crippen molar-refractivity contribution in [1.29, 1.82) is 0 Å². The van der Waals surface area contributed by atoms with E-state index in [0.29, 0.717) is 18.4 Å². The van der Waals surface area contributed by atoms with Crippen LogP contribution in [0.4, 0.5) is 11.9 Å². The number of thiazole rings is 1. The van der Waals surface area contributed by atoms with Crippen LogP contribution in [0.3, 0.4) is 0 Å². The van der Waals surface area contributed by atoms with Gasteiger partial charge in [-0.05, 0) is 6.92 Å². The van der Waals surface area contributed by atoms with Gasteiger partial charge in [0.15, 0.2) is 0 Å². The molecule has 0 aliphatic carbocycles. The molecule has 0 unspecified atom stereocenters. The molecule has 3 aromatic heterocycles. The summed E-state index contributed by atoms with van der Waals surface area (Å²) >= 11 is 1.61. The maximum Gasteiger partial charge on any atom is 0.258 e. The van der Waals surface area contributed by atoms with Crippen LogP contribution in [-0.2, 0) is 6.54 Å². The van der Waals surface area contributed by atoms with Gasteiger partial charge in [-0.25, -0.2) is 9.97 Å². The van der Waals surface area contributed by atoms with Gasteiger partial charge in [0.05, 0.1) is 17.2 Å². The summed E-state index contributed by atoms with van der Waals surface area (Å²) in [6.07, 6.45) is 2.91. The Labute approximate surface area is 124 Å². The standard InChI is InChI=1S/C11H13N9S/c1-7-15-8(4-21-7)3-19(2)10-16-9(12)17-11(18-10)20-6-13-5-14-20/h4-6H,3H2,1-2H3,(H2,12,16,17,18). The average molecular weight is 303 g/mol. The molecule has 0 amide bonds. The summed E-state index contributed by atoms with van der Waals surface area (Å²) in [5.41, 5.74) is 6.70. The highest BCUT2D eigenvalue weighted by molar-refractivity contribution is 7.09. The van der Waals surface area contributed by atoms with E-state index in [0.717, 1.165) is 10.7 Å². The van der Waals surface area contributed by atoms with Gasteiger partial charge < -0.3 is 10.6 Å². The number of rotatable bonds is 4. The zero-order chi connectivity index (χ0) is 14.8. The molecule has 3 rings (SSSR count). The molecule has 0 saturated heterocycles. The molecule has 0 aliphatic heterocycles. The van der Waals surface area contributed by atoms with Gasteiger partial charge in [-0.2, -0.15) is 24.7 Å². The molecule has 3 aromatic rings. The van der Waals surface area contributed by atoms with Crippen LogP contribution in [0.1, 0.15) is 10.7 Å². The van der Waals surface area contributed by atoms with E-state index in [2.05, 4.69) is 30.0 Å². The molecule has 0 radical (unpaired) electrons. The van der Waals surface area contributed by atoms with Crippen molar-refractivity contribution in [1.82, 2.24) is 34.7 Å². The highest BCUT2D eigenvalue weighted by Gasteiger charge is 2.12. The normalized spacial score (nSPS) is 10.8. The summed E-state index contributed by atoms with van der Waals surface area (Å²) in [6, 6.07) is 0. The summed E-state index contributed by atoms with van der Waals surface area (Å²) in [4.78, 5) is 22.7. The van der Waals surface area contributed by atoms with Gasteiger partial charge in [0.2, 0.25) is 11.9 Å². The zero-order valence-electron chi connectivity index (χ0n) is 11.5. The first-order chi connectivity index (χ1) is 10.1. The summed E-state index contributed by atoms with van der Waals surface area (Å²) < 4.78 is 1.43. The Kier molecular flexibility index (Phi) is 3.44. The van der Waals surface area contributed by atoms with Crippen LogP contribution in [0.25, 0.3) is 5.95 Å². The van der Waals surface area contributed by atoms with Crippen LogP contribution in [-0.4, -0.2) is 41.7 Å². The third-order valence-corrected chi connectivity index (χ3v) is 3.48. The van der Waals surface area contributed by atoms with E-state index in [1.54, 1.807) is 11.3 Å². The smallest absolute Gasteiger partial charge is 0.258 e. The van der Waals surface area contributed by atoms with Crippen molar-refractivity contribution < 1.29 is 0 Å². The number of aromatic nitrogens is 7. The lowest BCUT2D eigenvalue weighted by atomic mass is 10.4. The summed E-state index contributed by atoms with van der Waals surface area (Å²) in [5.74, 6) is 0.918. The fraction of sp³-hybridized carbons (Fsp3) is 0.273. The molecule has 9 nitrogen and oxygen atoms in total. The highest BCUT2D eigenvalue weighted by Crippen LogP contribution is 2.14. The van der Waals surface area contributed by atoms with E-state index < -0.39 is 0 Å². The molecule has 0 atom stereocenters. The van der Waals surface area contributed by atoms with E-state index in [1.807, 2.05) is 24.3 Å². The molecule has 0 spiro atoms. The Morgan fingerprint density at radius 1 is 1.29 bits per heavy atom. The maximum absolute atomic E-state index is 5.74. The van der Waals surface area contributed by atoms with Crippen molar-refractivity contribution in [2.75, 3.05) is 17.7 Å². The van der Waals surface area contributed by atoms with E-state index in [-0.39, 0.29) is 5.95 Å². The SMILES string of the molecule is Cc1nc(CN(C)c2nc(N)nc(-n3cncn3)n2)cs1. The van der Waals surface area contributed by atoms with Crippen LogP contribution >= 0.6 is 11.3 Å². The molecule has 21 heavy (non-hydrogen) atoms. The van der Waals surface area contributed by atoms with Gasteiger partial charge in [-0.1, -0.05) is 0 Å². The van der Waals surface area contributed by atoms with Gasteiger partial charge in [0, 0.05) is 12.4 Å². The Hall–Kier alpha value is -2.62. The number of anilines is 2. The minimum Gasteiger partial charge on any atom is -0.368 e. The van der Waals surface area contributed by atoms with Crippen LogP contribution in [0.15, 0.2) is 18.0 Å². The van der Waals surface area contributed by atoms with Crippen molar-refractivity contribution in [3.05, 3.63) is 28.7 Å². The fourth-order valence-corrected chi connectivity index (χ4v) is 2.35. The fourth-order valence-electron chi connectivity index (χ4n) is 1.75. The molecular formula is C11H13N9S. The van der Waals surface area contributed by atoms with Crippen molar-refractivity contribution in [2.45, 2.75) is 13.5 Å². The Bertz CT molecular complexity index is 736. The molecule has 0 bridgehead atoms. The first-order valence-corrected chi connectivity index (χ1v) is 6.98. The molecule has 0 aromatic carbocycles. The van der Waals surface area contributed by atoms with Crippen LogP contribution < -0.4 is 10.6 Å². The molecule has 0 fully saturated rings. The minimum absolute atomic E-state index is 0.131. The van der Waals surface area contributed by atoms with Crippen LogP contribution in [0.2, 0.25) is 0 Å². The number of hydrogen-bond donors (Lipinski definition) is 1. The van der Waals surface area contributed by atoms with Gasteiger partial charge in [0.25, 0.3) is 5.95 Å². The number of hydrogen-bond acceptors (Lipinski definition) is 9. The first kappa shape index (κ1) is 13.4. The van der Waals surface area contributed by atoms with Gasteiger partial charge >= 0.3 is 0 Å². The molecule has 3 heterocycles. The Morgan fingerprint density at radius 2 is 2.14 bits per heavy atom. The second-order valence-electron chi connectivity index (χ2n) is 4.35. The monoisotopic (exact) mass is 303 g/mol. The number of nitrogen functional groups attached to an aromatic ring is 1. The zero-order valence-corrected chi connectivity index (χ0v) is 12.3. The molecule has 2 N–H and O–H groups in total. The van der Waals surface area contributed by atoms with E-state index in [1.165, 1.54) is 17.3 Å². The summed E-state index contributed by atoms with van der Waals surface area (Å²) in [6.45, 7) is 2.56. The topological polar surface area (TPSA) is 112 Å². The Morgan fingerprint density at radius 3 is 2.81 bits per heavy atom. The lowest BCUT2D eigenvalue weighted by Gasteiger charge is -2.16. The average Bonchev–Trinajstić information content (AvgIpc) is 3.10. The summed E-state index contributed by atoms with van der Waals surface area (Å²) in [5, 5.41) is 7.02. The third kappa shape index (κ3) is 2.94. The van der Waals surface area contributed by atoms with Crippen molar-refractivity contribution >= 4 is 23.2 Å². The minimum atomic E-state index is 0.131. The van der Waals surface area contributed by atoms with Crippen molar-refractivity contribution in [3.63, 3.8) is 0 Å². The molecule has 0 aliphatic rings. The van der Waals surface area contributed by atoms with Gasteiger partial charge in [-0.3, -0.25) is 0 Å². The second kappa shape index (κ2) is 5.40. The quantitative estimate of drug-likeness (QED) is 0.738. The molecular weight excluding hydrogens is 290 g/mol. The lowest BCUT2D eigenvalue weighted by molar-refractivity contribution is 0.772. The van der Waals surface area contributed by atoms with Crippen molar-refractivity contribution in [2.24, 2.45) is 0 Å². The predicted molar refractivity (Wildman–Crippen MR) is 78.1 cm³/mol. The predicted octanol–water partition coefficient (Wildman–Crippen LogP) is 0.436. The summed E-state index contributed by atoms with van der Waals surface area (Å²) in [7, 11) is 1.87. The highest BCUT2D eigenvalue weighted by atomic mass is 32.1. The van der Waals surface area contributed by atoms with E-state index in [9.17, 15) is 0 Å². The molecule has 10 heteroatoms. The van der Waals surface area contributed by atoms with E-state index >= 15 is 0 Å². The van der Waals surface area contributed by atoms with Crippen molar-refractivity contribution in [3.8, 4) is 5.95 Å². The molecule has 108 valence electrons. The van der Waals surface area contributed by atoms with Crippen LogP contribution in [0.5, 0.6) is 0 Å². The first-order valence-electron chi connectivity index (χ1n) is 6.10. The number of aryl methyl sites for hydroxylation is 1. The van der Waals surface area contributed by atoms with E-state index in [4.69, 9.17) is 5.73 Å². The molecule has 0 saturated carbocycles. The largest absolute Gasteiger partial charge is 0.368 e. The van der Waals surface area contributed by atoms with Crippen LogP contribution in [0, 0.1) is 6.92 Å². The number of nitrogens with two attached hydrogens (primary N) is 1. The maximum atomic E-state index is 5.74. The van der Waals surface area contributed by atoms with Gasteiger partial charge in [-0.15, -0.1) is 11.3 Å².